The number of carbonyl (C=O) groups excluding carboxylic acids is 4. The Morgan fingerprint density at radius 3 is 0.558 bits per heavy atom. The molecule has 0 N–H and O–H groups in total. The maximum absolute atomic E-state index is 13.0. The summed E-state index contributed by atoms with van der Waals surface area (Å²) in [6, 6.07) is 7.27. The van der Waals surface area contributed by atoms with Gasteiger partial charge >= 0.3 is 61.6 Å². The monoisotopic (exact) mass is 1640 g/mol. The van der Waals surface area contributed by atoms with Crippen LogP contribution in [-0.2, 0) is 39.2 Å². The summed E-state index contributed by atoms with van der Waals surface area (Å²) in [7, 11) is -10.0. The average molecular weight is 1640 g/mol. The topological polar surface area (TPSA) is 220 Å². The molecular weight excluding hydrogens is 1480 g/mol. The van der Waals surface area contributed by atoms with Gasteiger partial charge in [-0.05, 0) is 129 Å². The normalized spacial score (nSPS) is 11.8. The van der Waals surface area contributed by atoms with E-state index in [1.807, 2.05) is 0 Å². The van der Waals surface area contributed by atoms with Crippen LogP contribution in [-0.4, -0.2) is 114 Å². The SMILES string of the molecule is C/C=C/CCCCCCCCCCCCCCCCCOC(=O)c1cccc(S(=O)(=O)[O-])c1C(=O)OCCCCCCCCCCCCCCCCC/C=C/C.C/C=C/CCCCCCCCCCCCCCCCCOC(=O)c1cccc(S(=O)(=O)[O-])c1C(=O)OCCCCCCCCCCCCCCCCC/C=C/C.[Ca+2]. The van der Waals surface area contributed by atoms with Crippen LogP contribution in [0.1, 0.15) is 480 Å². The summed E-state index contributed by atoms with van der Waals surface area (Å²) >= 11 is 0. The van der Waals surface area contributed by atoms with Gasteiger partial charge in [-0.1, -0.05) is 395 Å². The minimum absolute atomic E-state index is 0. The first-order chi connectivity index (χ1) is 54.6. The van der Waals surface area contributed by atoms with E-state index in [0.717, 1.165) is 89.2 Å². The summed E-state index contributed by atoms with van der Waals surface area (Å²) < 4.78 is 93.6. The van der Waals surface area contributed by atoms with Crippen molar-refractivity contribution in [2.24, 2.45) is 0 Å². The Hall–Kier alpha value is -3.64. The van der Waals surface area contributed by atoms with Gasteiger partial charge < -0.3 is 28.1 Å². The van der Waals surface area contributed by atoms with Crippen molar-refractivity contribution >= 4 is 81.9 Å². The quantitative estimate of drug-likeness (QED) is 0.0150. The van der Waals surface area contributed by atoms with Gasteiger partial charge in [0.2, 0.25) is 0 Å². The Morgan fingerprint density at radius 1 is 0.248 bits per heavy atom. The Balaban J connectivity index is 0.00000220. The third-order valence-electron chi connectivity index (χ3n) is 21.4. The van der Waals surface area contributed by atoms with Crippen molar-refractivity contribution in [3.8, 4) is 0 Å². The van der Waals surface area contributed by atoms with E-state index >= 15 is 0 Å². The molecule has 0 fully saturated rings. The van der Waals surface area contributed by atoms with Crippen LogP contribution in [0.4, 0.5) is 0 Å². The summed E-state index contributed by atoms with van der Waals surface area (Å²) in [5, 5.41) is 0. The first-order valence-electron chi connectivity index (χ1n) is 46.0. The zero-order valence-corrected chi connectivity index (χ0v) is 76.2. The number of rotatable bonds is 78. The van der Waals surface area contributed by atoms with E-state index in [-0.39, 0.29) is 75.3 Å². The van der Waals surface area contributed by atoms with Crippen molar-refractivity contribution in [1.82, 2.24) is 0 Å². The Bertz CT molecular complexity index is 2740. The predicted octanol–water partition coefficient (Wildman–Crippen LogP) is 28.7. The Morgan fingerprint density at radius 2 is 0.398 bits per heavy atom. The number of unbranched alkanes of at least 4 members (excludes halogenated alkanes) is 60. The molecule has 0 spiro atoms. The summed E-state index contributed by atoms with van der Waals surface area (Å²) in [5.41, 5.74) is -1.54. The number of ether oxygens (including phenoxy) is 4. The molecule has 0 amide bonds. The fraction of sp³-hybridized carbons (Fsp3) is 0.750. The number of esters is 4. The molecule has 2 rings (SSSR count). The molecule has 113 heavy (non-hydrogen) atoms. The van der Waals surface area contributed by atoms with Gasteiger partial charge in [-0.3, -0.25) is 0 Å². The fourth-order valence-electron chi connectivity index (χ4n) is 14.5. The number of hydrogen-bond acceptors (Lipinski definition) is 14. The van der Waals surface area contributed by atoms with Gasteiger partial charge in [0.05, 0.1) is 58.5 Å². The van der Waals surface area contributed by atoms with E-state index in [0.29, 0.717) is 25.7 Å². The van der Waals surface area contributed by atoms with E-state index < -0.39 is 65.0 Å². The second-order valence-corrected chi connectivity index (χ2v) is 34.1. The third-order valence-corrected chi connectivity index (χ3v) is 23.1. The number of allylic oxidation sites excluding steroid dienone is 8. The second kappa shape index (κ2) is 80.8. The van der Waals surface area contributed by atoms with Crippen molar-refractivity contribution in [2.45, 2.75) is 448 Å². The van der Waals surface area contributed by atoms with Gasteiger partial charge in [-0.15, -0.1) is 0 Å². The molecular formula is C96H162CaO14S2. The first kappa shape index (κ1) is 109. The van der Waals surface area contributed by atoms with E-state index in [2.05, 4.69) is 76.3 Å². The van der Waals surface area contributed by atoms with Crippen molar-refractivity contribution in [3.05, 3.63) is 107 Å². The van der Waals surface area contributed by atoms with Crippen LogP contribution < -0.4 is 0 Å². The molecule has 0 aliphatic carbocycles. The fourth-order valence-corrected chi connectivity index (χ4v) is 15.9. The summed E-state index contributed by atoms with van der Waals surface area (Å²) in [6.07, 6.45) is 95.5. The van der Waals surface area contributed by atoms with Crippen LogP contribution in [0.15, 0.2) is 94.8 Å². The van der Waals surface area contributed by atoms with Gasteiger partial charge in [0, 0.05) is 0 Å². The summed E-state index contributed by atoms with van der Waals surface area (Å²) in [5.74, 6) is -3.61. The van der Waals surface area contributed by atoms with Gasteiger partial charge in [0.25, 0.3) is 0 Å². The van der Waals surface area contributed by atoms with Gasteiger partial charge in [0.15, 0.2) is 0 Å². The molecule has 644 valence electrons. The van der Waals surface area contributed by atoms with Crippen molar-refractivity contribution in [3.63, 3.8) is 0 Å². The van der Waals surface area contributed by atoms with Crippen molar-refractivity contribution in [1.29, 1.82) is 0 Å². The van der Waals surface area contributed by atoms with E-state index in [1.54, 1.807) is 0 Å². The Labute approximate surface area is 722 Å². The summed E-state index contributed by atoms with van der Waals surface area (Å²) in [6.45, 7) is 8.85. The van der Waals surface area contributed by atoms with E-state index in [4.69, 9.17) is 18.9 Å². The van der Waals surface area contributed by atoms with Crippen molar-refractivity contribution < 1.29 is 64.1 Å². The number of benzene rings is 2. The molecule has 0 saturated carbocycles. The van der Waals surface area contributed by atoms with E-state index in [1.165, 1.54) is 332 Å². The van der Waals surface area contributed by atoms with Crippen LogP contribution in [0.2, 0.25) is 0 Å². The predicted molar refractivity (Wildman–Crippen MR) is 470 cm³/mol. The molecule has 17 heteroatoms. The maximum atomic E-state index is 13.0. The van der Waals surface area contributed by atoms with Gasteiger partial charge in [-0.25, -0.2) is 36.0 Å². The average Bonchev–Trinajstić information content (AvgIpc) is 0.797. The molecule has 0 unspecified atom stereocenters. The minimum Gasteiger partial charge on any atom is -0.744 e. The molecule has 0 aromatic heterocycles. The Kier molecular flexibility index (Phi) is 78.2. The van der Waals surface area contributed by atoms with E-state index in [9.17, 15) is 45.1 Å². The van der Waals surface area contributed by atoms with Crippen LogP contribution in [0.25, 0.3) is 0 Å². The van der Waals surface area contributed by atoms with Crippen molar-refractivity contribution in [2.75, 3.05) is 26.4 Å². The summed E-state index contributed by atoms with van der Waals surface area (Å²) in [4.78, 5) is 50.5. The molecule has 2 aromatic carbocycles. The smallest absolute Gasteiger partial charge is 0.744 e. The molecule has 0 atom stereocenters. The molecule has 2 aromatic rings. The standard InChI is InChI=1S/2C48H82O7S.Ca/c2*1-3-5-7-9-11-13-15-17-19-21-23-25-27-29-31-33-35-37-42-54-47(49)44-40-39-41-45(56(51,52)53)46(44)48(50)55-43-38-36-34-32-30-28-26-24-22-20-18-16-14-12-10-8-6-4-2;/h2*3-6,39-41H,7-38,42-43H2,1-2H3,(H,51,52,53);/q;;+2/p-2/b2*5-3+,6-4+;. The first-order valence-corrected chi connectivity index (χ1v) is 48.8. The second-order valence-electron chi connectivity index (χ2n) is 31.5. The van der Waals surface area contributed by atoms with Crippen LogP contribution in [0.3, 0.4) is 0 Å². The van der Waals surface area contributed by atoms with Crippen LogP contribution in [0, 0.1) is 0 Å². The maximum Gasteiger partial charge on any atom is 2.00 e. The molecule has 0 saturated heterocycles. The zero-order valence-electron chi connectivity index (χ0n) is 72.4. The molecule has 0 bridgehead atoms. The van der Waals surface area contributed by atoms with Gasteiger partial charge in [-0.2, -0.15) is 0 Å². The minimum atomic E-state index is -5.01. The largest absolute Gasteiger partial charge is 2.00 e. The number of hydrogen-bond donors (Lipinski definition) is 0. The number of carbonyl (C=O) groups is 4. The molecule has 0 aliphatic rings. The molecule has 0 aliphatic heterocycles. The third kappa shape index (κ3) is 65.9. The molecule has 0 radical (unpaired) electrons. The molecule has 14 nitrogen and oxygen atoms in total. The molecule has 0 heterocycles. The van der Waals surface area contributed by atoms with Crippen LogP contribution >= 0.6 is 0 Å². The van der Waals surface area contributed by atoms with Crippen LogP contribution in [0.5, 0.6) is 0 Å². The van der Waals surface area contributed by atoms with Gasteiger partial charge in [0.1, 0.15) is 20.2 Å². The zero-order chi connectivity index (χ0) is 81.6.